The molecule has 66 valence electrons. The monoisotopic (exact) mass is 168 g/mol. The Balaban J connectivity index is 3.01. The zero-order valence-corrected chi connectivity index (χ0v) is 6.92. The third-order valence-corrected chi connectivity index (χ3v) is 1.85. The van der Waals surface area contributed by atoms with E-state index in [1.807, 2.05) is 0 Å². The first-order valence-electron chi connectivity index (χ1n) is 3.78. The summed E-state index contributed by atoms with van der Waals surface area (Å²) < 4.78 is 0. The molecule has 0 aromatic rings. The van der Waals surface area contributed by atoms with Crippen LogP contribution in [-0.4, -0.2) is 22.6 Å². The van der Waals surface area contributed by atoms with Gasteiger partial charge in [0.2, 0.25) is 0 Å². The average Bonchev–Trinajstić information content (AvgIpc) is 1.82. The molecule has 0 aromatic heterocycles. The number of hydrogen-bond donors (Lipinski definition) is 3. The number of ketones is 1. The first kappa shape index (κ1) is 8.93. The van der Waals surface area contributed by atoms with Crippen molar-refractivity contribution in [1.82, 2.24) is 0 Å². The lowest BCUT2D eigenvalue weighted by Gasteiger charge is -2.19. The molecule has 0 amide bonds. The minimum atomic E-state index is -0.291. The summed E-state index contributed by atoms with van der Waals surface area (Å²) in [5, 5.41) is 16.6. The van der Waals surface area contributed by atoms with Crippen LogP contribution in [0.1, 0.15) is 19.8 Å². The number of nitrogens with two attached hydrogens (primary N) is 1. The van der Waals surface area contributed by atoms with Crippen LogP contribution >= 0.6 is 0 Å². The standard InChI is InChI=1S/C8H12N2O2/c1-4(9)8-6(11)2-5(10)3-7(8)12/h5,9,11H,2-3,10H2,1H3. The van der Waals surface area contributed by atoms with Crippen molar-refractivity contribution < 1.29 is 9.90 Å². The summed E-state index contributed by atoms with van der Waals surface area (Å²) in [6, 6.07) is -0.291. The molecule has 1 rings (SSSR count). The summed E-state index contributed by atoms with van der Waals surface area (Å²) in [7, 11) is 0. The van der Waals surface area contributed by atoms with Gasteiger partial charge in [0.15, 0.2) is 5.78 Å². The number of carbonyl (C=O) groups is 1. The maximum absolute atomic E-state index is 11.2. The number of allylic oxidation sites excluding steroid dienone is 1. The number of aliphatic hydroxyl groups excluding tert-OH is 1. The molecule has 0 aromatic carbocycles. The van der Waals surface area contributed by atoms with Crippen molar-refractivity contribution >= 4 is 11.5 Å². The van der Waals surface area contributed by atoms with Gasteiger partial charge in [-0.1, -0.05) is 0 Å². The highest BCUT2D eigenvalue weighted by Crippen LogP contribution is 2.19. The molecule has 1 aliphatic rings. The summed E-state index contributed by atoms with van der Waals surface area (Å²) in [5.74, 6) is -0.259. The third-order valence-electron chi connectivity index (χ3n) is 1.85. The molecule has 4 N–H and O–H groups in total. The van der Waals surface area contributed by atoms with E-state index in [-0.39, 0.29) is 35.3 Å². The van der Waals surface area contributed by atoms with Crippen LogP contribution in [0.2, 0.25) is 0 Å². The zero-order chi connectivity index (χ0) is 9.30. The van der Waals surface area contributed by atoms with Gasteiger partial charge in [0.05, 0.1) is 5.57 Å². The highest BCUT2D eigenvalue weighted by atomic mass is 16.3. The molecule has 0 bridgehead atoms. The first-order chi connectivity index (χ1) is 5.52. The number of rotatable bonds is 1. The second kappa shape index (κ2) is 3.06. The Morgan fingerprint density at radius 1 is 1.67 bits per heavy atom. The van der Waals surface area contributed by atoms with Crippen molar-refractivity contribution in [2.75, 3.05) is 0 Å². The van der Waals surface area contributed by atoms with Crippen LogP contribution < -0.4 is 5.73 Å². The molecule has 1 aliphatic carbocycles. The van der Waals surface area contributed by atoms with E-state index in [1.165, 1.54) is 6.92 Å². The van der Waals surface area contributed by atoms with Gasteiger partial charge >= 0.3 is 0 Å². The molecule has 0 radical (unpaired) electrons. The molecule has 0 spiro atoms. The van der Waals surface area contributed by atoms with Crippen LogP contribution in [0.5, 0.6) is 0 Å². The molecule has 1 atom stereocenters. The van der Waals surface area contributed by atoms with Gasteiger partial charge in [0.1, 0.15) is 5.76 Å². The Labute approximate surface area is 70.6 Å². The van der Waals surface area contributed by atoms with Gasteiger partial charge in [0, 0.05) is 24.6 Å². The Hall–Kier alpha value is -1.16. The summed E-state index contributed by atoms with van der Waals surface area (Å²) in [4.78, 5) is 11.2. The number of Topliss-reactive ketones (excluding diaryl/α,β-unsaturated/α-hetero) is 1. The molecule has 0 saturated carbocycles. The fraction of sp³-hybridized carbons (Fsp3) is 0.500. The van der Waals surface area contributed by atoms with Crippen LogP contribution in [0.25, 0.3) is 0 Å². The second-order valence-corrected chi connectivity index (χ2v) is 3.04. The van der Waals surface area contributed by atoms with E-state index in [4.69, 9.17) is 11.1 Å². The van der Waals surface area contributed by atoms with Crippen LogP contribution in [-0.2, 0) is 4.79 Å². The molecule has 12 heavy (non-hydrogen) atoms. The van der Waals surface area contributed by atoms with Crippen LogP contribution in [0.3, 0.4) is 0 Å². The number of aliphatic hydroxyl groups is 1. The average molecular weight is 168 g/mol. The third kappa shape index (κ3) is 1.53. The van der Waals surface area contributed by atoms with E-state index in [9.17, 15) is 9.90 Å². The molecule has 0 heterocycles. The smallest absolute Gasteiger partial charge is 0.169 e. The van der Waals surface area contributed by atoms with Gasteiger partial charge in [-0.05, 0) is 6.92 Å². The van der Waals surface area contributed by atoms with Gasteiger partial charge in [-0.15, -0.1) is 0 Å². The number of nitrogens with one attached hydrogen (secondary N) is 1. The zero-order valence-electron chi connectivity index (χ0n) is 6.92. The van der Waals surface area contributed by atoms with Crippen molar-refractivity contribution in [2.45, 2.75) is 25.8 Å². The quantitative estimate of drug-likeness (QED) is 0.499. The molecular formula is C8H12N2O2. The maximum atomic E-state index is 11.2. The molecule has 0 saturated heterocycles. The lowest BCUT2D eigenvalue weighted by Crippen LogP contribution is -2.31. The van der Waals surface area contributed by atoms with E-state index >= 15 is 0 Å². The van der Waals surface area contributed by atoms with Crippen LogP contribution in [0.4, 0.5) is 0 Å². The predicted molar refractivity (Wildman–Crippen MR) is 45.3 cm³/mol. The van der Waals surface area contributed by atoms with Gasteiger partial charge < -0.3 is 16.2 Å². The SMILES string of the molecule is CC(=N)C1=C(O)CC(N)CC1=O. The Kier molecular flexibility index (Phi) is 2.28. The highest BCUT2D eigenvalue weighted by Gasteiger charge is 2.26. The molecule has 0 aliphatic heterocycles. The minimum Gasteiger partial charge on any atom is -0.511 e. The van der Waals surface area contributed by atoms with Crippen molar-refractivity contribution in [3.8, 4) is 0 Å². The van der Waals surface area contributed by atoms with E-state index in [0.717, 1.165) is 0 Å². The molecule has 0 fully saturated rings. The molecule has 1 unspecified atom stereocenters. The van der Waals surface area contributed by atoms with Gasteiger partial charge in [-0.25, -0.2) is 0 Å². The van der Waals surface area contributed by atoms with Crippen LogP contribution in [0.15, 0.2) is 11.3 Å². The number of hydrogen-bond acceptors (Lipinski definition) is 4. The van der Waals surface area contributed by atoms with E-state index in [1.54, 1.807) is 0 Å². The summed E-state index contributed by atoms with van der Waals surface area (Å²) in [6.07, 6.45) is 0.535. The Bertz CT molecular complexity index is 268. The Morgan fingerprint density at radius 2 is 2.25 bits per heavy atom. The summed E-state index contributed by atoms with van der Waals surface area (Å²) in [6.45, 7) is 1.49. The van der Waals surface area contributed by atoms with Gasteiger partial charge in [-0.2, -0.15) is 0 Å². The van der Waals surface area contributed by atoms with E-state index < -0.39 is 0 Å². The van der Waals surface area contributed by atoms with Crippen molar-refractivity contribution in [1.29, 1.82) is 5.41 Å². The summed E-state index contributed by atoms with van der Waals surface area (Å²) >= 11 is 0. The molecule has 4 nitrogen and oxygen atoms in total. The van der Waals surface area contributed by atoms with E-state index in [0.29, 0.717) is 6.42 Å². The number of carbonyl (C=O) groups excluding carboxylic acids is 1. The van der Waals surface area contributed by atoms with Gasteiger partial charge in [-0.3, -0.25) is 4.79 Å². The molecular weight excluding hydrogens is 156 g/mol. The highest BCUT2D eigenvalue weighted by molar-refractivity contribution is 6.21. The summed E-state index contributed by atoms with van der Waals surface area (Å²) in [5.41, 5.74) is 5.76. The van der Waals surface area contributed by atoms with Crippen molar-refractivity contribution in [3.63, 3.8) is 0 Å². The maximum Gasteiger partial charge on any atom is 0.169 e. The van der Waals surface area contributed by atoms with Crippen molar-refractivity contribution in [3.05, 3.63) is 11.3 Å². The van der Waals surface area contributed by atoms with Crippen LogP contribution in [0, 0.1) is 5.41 Å². The van der Waals surface area contributed by atoms with Gasteiger partial charge in [0.25, 0.3) is 0 Å². The molecule has 4 heteroatoms. The van der Waals surface area contributed by atoms with E-state index in [2.05, 4.69) is 0 Å². The second-order valence-electron chi connectivity index (χ2n) is 3.04. The van der Waals surface area contributed by atoms with Crippen molar-refractivity contribution in [2.24, 2.45) is 5.73 Å². The lowest BCUT2D eigenvalue weighted by molar-refractivity contribution is -0.116. The lowest BCUT2D eigenvalue weighted by atomic mass is 9.90. The topological polar surface area (TPSA) is 87.2 Å². The largest absolute Gasteiger partial charge is 0.511 e. The Morgan fingerprint density at radius 3 is 2.67 bits per heavy atom. The predicted octanol–water partition coefficient (Wildman–Crippen LogP) is 0.528. The first-order valence-corrected chi connectivity index (χ1v) is 3.78. The normalized spacial score (nSPS) is 24.5. The minimum absolute atomic E-state index is 0.0359. The fourth-order valence-electron chi connectivity index (χ4n) is 1.35. The fourth-order valence-corrected chi connectivity index (χ4v) is 1.35.